The molecule has 0 rings (SSSR count). The van der Waals surface area contributed by atoms with Crippen LogP contribution in [-0.2, 0) is 3.83 Å². The van der Waals surface area contributed by atoms with Crippen LogP contribution in [0.15, 0.2) is 0 Å². The van der Waals surface area contributed by atoms with Gasteiger partial charge < -0.3 is 0 Å². The van der Waals surface area contributed by atoms with Gasteiger partial charge in [-0.3, -0.25) is 0 Å². The van der Waals surface area contributed by atoms with E-state index in [1.807, 2.05) is 0 Å². The summed E-state index contributed by atoms with van der Waals surface area (Å²) in [6.45, 7) is 1.07. The average molecular weight is 183 g/mol. The van der Waals surface area contributed by atoms with Crippen LogP contribution in [0.25, 0.3) is 0 Å². The van der Waals surface area contributed by atoms with Crippen LogP contribution in [-0.4, -0.2) is 26.9 Å². The normalized spacial score (nSPS) is 10.4. The zero-order valence-electron chi connectivity index (χ0n) is 4.80. The van der Waals surface area contributed by atoms with E-state index >= 15 is 0 Å². The van der Waals surface area contributed by atoms with Gasteiger partial charge in [0.2, 0.25) is 0 Å². The molecule has 0 unspecified atom stereocenters. The summed E-state index contributed by atoms with van der Waals surface area (Å²) in [5.74, 6) is 0. The third-order valence-corrected chi connectivity index (χ3v) is 3.59. The number of hydrogen-bond acceptors (Lipinski definition) is 3. The first-order valence-electron chi connectivity index (χ1n) is 2.56. The molecule has 0 aliphatic carbocycles. The predicted octanol–water partition coefficient (Wildman–Crippen LogP) is -0.674. The fourth-order valence-corrected chi connectivity index (χ4v) is 1.90. The molecule has 0 fully saturated rings. The Morgan fingerprint density at radius 3 is 1.75 bits per heavy atom. The molecule has 0 saturated heterocycles. The van der Waals surface area contributed by atoms with E-state index in [1.54, 1.807) is 0 Å². The summed E-state index contributed by atoms with van der Waals surface area (Å²) in [7, 11) is 0. The van der Waals surface area contributed by atoms with Crippen molar-refractivity contribution in [1.29, 1.82) is 0 Å². The maximum atomic E-state index is 10.7. The van der Waals surface area contributed by atoms with Gasteiger partial charge in [-0.1, -0.05) is 0 Å². The third-order valence-electron chi connectivity index (χ3n) is 0.691. The van der Waals surface area contributed by atoms with Crippen molar-refractivity contribution in [3.05, 3.63) is 0 Å². The molecule has 0 saturated carbocycles. The van der Waals surface area contributed by atoms with E-state index < -0.39 is 13.8 Å². The monoisotopic (exact) mass is 184 g/mol. The molecule has 3 nitrogen and oxygen atoms in total. The van der Waals surface area contributed by atoms with E-state index in [0.29, 0.717) is 23.7 Å². The molecular formula is C4H12N2OSe. The van der Waals surface area contributed by atoms with E-state index in [1.165, 1.54) is 0 Å². The zero-order valence-corrected chi connectivity index (χ0v) is 6.51. The van der Waals surface area contributed by atoms with Crippen molar-refractivity contribution in [2.45, 2.75) is 10.6 Å². The molecule has 4 N–H and O–H groups in total. The fraction of sp³-hybridized carbons (Fsp3) is 1.00. The van der Waals surface area contributed by atoms with E-state index in [4.69, 9.17) is 11.5 Å². The van der Waals surface area contributed by atoms with E-state index in [9.17, 15) is 3.83 Å². The second-order valence-corrected chi connectivity index (χ2v) is 4.98. The summed E-state index contributed by atoms with van der Waals surface area (Å²) >= 11 is -1.59. The Morgan fingerprint density at radius 1 is 1.12 bits per heavy atom. The zero-order chi connectivity index (χ0) is 6.41. The molecule has 0 spiro atoms. The van der Waals surface area contributed by atoms with Gasteiger partial charge in [-0.25, -0.2) is 0 Å². The molecule has 4 heteroatoms. The molecule has 0 aromatic carbocycles. The van der Waals surface area contributed by atoms with Crippen molar-refractivity contribution in [2.24, 2.45) is 11.5 Å². The summed E-state index contributed by atoms with van der Waals surface area (Å²) < 4.78 is 10.7. The Balaban J connectivity index is 3.06. The second-order valence-electron chi connectivity index (χ2n) is 1.43. The standard InChI is InChI=1S/C4H12N2OSe/c5-1-3-8(7)4-2-6/h1-6H2. The summed E-state index contributed by atoms with van der Waals surface area (Å²) in [5, 5.41) is 1.36. The summed E-state index contributed by atoms with van der Waals surface area (Å²) in [6, 6.07) is 0. The van der Waals surface area contributed by atoms with Crippen LogP contribution in [0.2, 0.25) is 10.6 Å². The van der Waals surface area contributed by atoms with Crippen molar-refractivity contribution in [3.8, 4) is 0 Å². The Hall–Kier alpha value is 0.239. The predicted molar refractivity (Wildman–Crippen MR) is 34.2 cm³/mol. The molecule has 0 amide bonds. The molecule has 0 aliphatic heterocycles. The number of nitrogens with two attached hydrogens (primary N) is 2. The molecule has 8 heavy (non-hydrogen) atoms. The molecular weight excluding hydrogens is 171 g/mol. The topological polar surface area (TPSA) is 69.1 Å². The van der Waals surface area contributed by atoms with Crippen molar-refractivity contribution in [1.82, 2.24) is 0 Å². The van der Waals surface area contributed by atoms with Crippen molar-refractivity contribution < 1.29 is 3.83 Å². The summed E-state index contributed by atoms with van der Waals surface area (Å²) in [6.07, 6.45) is 0. The molecule has 0 bridgehead atoms. The minimum absolute atomic E-state index is 0.536. The van der Waals surface area contributed by atoms with Gasteiger partial charge in [0.15, 0.2) is 0 Å². The van der Waals surface area contributed by atoms with Gasteiger partial charge in [0, 0.05) is 0 Å². The van der Waals surface area contributed by atoms with E-state index in [-0.39, 0.29) is 0 Å². The Morgan fingerprint density at radius 2 is 1.50 bits per heavy atom. The number of hydrogen-bond donors (Lipinski definition) is 2. The first-order chi connectivity index (χ1) is 3.81. The van der Waals surface area contributed by atoms with Gasteiger partial charge in [0.05, 0.1) is 0 Å². The molecule has 0 aromatic heterocycles. The van der Waals surface area contributed by atoms with Crippen LogP contribution in [0.1, 0.15) is 0 Å². The van der Waals surface area contributed by atoms with Gasteiger partial charge in [0.25, 0.3) is 0 Å². The Kier molecular flexibility index (Phi) is 5.54. The quantitative estimate of drug-likeness (QED) is 0.567. The van der Waals surface area contributed by atoms with Gasteiger partial charge >= 0.3 is 52.9 Å². The van der Waals surface area contributed by atoms with Crippen molar-refractivity contribution in [2.75, 3.05) is 13.1 Å². The van der Waals surface area contributed by atoms with Gasteiger partial charge in [-0.15, -0.1) is 0 Å². The molecule has 0 radical (unpaired) electrons. The van der Waals surface area contributed by atoms with Gasteiger partial charge in [0.1, 0.15) is 0 Å². The van der Waals surface area contributed by atoms with Crippen LogP contribution in [0.3, 0.4) is 0 Å². The maximum absolute atomic E-state index is 10.7. The van der Waals surface area contributed by atoms with Crippen LogP contribution in [0.4, 0.5) is 0 Å². The second kappa shape index (κ2) is 5.38. The summed E-state index contributed by atoms with van der Waals surface area (Å²) in [4.78, 5) is 0. The van der Waals surface area contributed by atoms with Crippen LogP contribution < -0.4 is 11.5 Å². The Bertz CT molecular complexity index is 68.4. The Labute approximate surface area is 53.5 Å². The van der Waals surface area contributed by atoms with Crippen molar-refractivity contribution >= 4 is 13.8 Å². The van der Waals surface area contributed by atoms with Crippen LogP contribution in [0, 0.1) is 0 Å². The molecule has 0 aliphatic rings. The van der Waals surface area contributed by atoms with Crippen LogP contribution in [0.5, 0.6) is 0 Å². The molecule has 0 atom stereocenters. The van der Waals surface area contributed by atoms with Gasteiger partial charge in [-0.05, 0) is 0 Å². The molecule has 0 aromatic rings. The van der Waals surface area contributed by atoms with Crippen LogP contribution >= 0.6 is 0 Å². The SMILES string of the molecule is NCC[Se](=O)CCN. The van der Waals surface area contributed by atoms with Gasteiger partial charge in [-0.2, -0.15) is 0 Å². The minimum atomic E-state index is -1.59. The fourth-order valence-electron chi connectivity index (χ4n) is 0.365. The first kappa shape index (κ1) is 8.24. The van der Waals surface area contributed by atoms with Crippen molar-refractivity contribution in [3.63, 3.8) is 0 Å². The van der Waals surface area contributed by atoms with E-state index in [0.717, 1.165) is 0 Å². The summed E-state index contributed by atoms with van der Waals surface area (Å²) in [5.41, 5.74) is 10.3. The molecule has 50 valence electrons. The van der Waals surface area contributed by atoms with E-state index in [2.05, 4.69) is 0 Å². The number of rotatable bonds is 4. The molecule has 0 heterocycles. The first-order valence-corrected chi connectivity index (χ1v) is 5.68. The third kappa shape index (κ3) is 4.40. The average Bonchev–Trinajstić information content (AvgIpc) is 1.68.